The molecule has 1 aromatic carbocycles. The lowest BCUT2D eigenvalue weighted by Gasteiger charge is -2.30. The number of benzene rings is 1. The normalized spacial score (nSPS) is 14.7. The molecule has 0 atom stereocenters. The molecule has 1 aliphatic rings. The predicted molar refractivity (Wildman–Crippen MR) is 87.1 cm³/mol. The summed E-state index contributed by atoms with van der Waals surface area (Å²) in [6.07, 6.45) is 0. The lowest BCUT2D eigenvalue weighted by atomic mass is 10.1. The van der Waals surface area contributed by atoms with Gasteiger partial charge in [0, 0.05) is 31.4 Å². The second kappa shape index (κ2) is 6.88. The lowest BCUT2D eigenvalue weighted by molar-refractivity contribution is 0.0772. The number of carbonyl (C=O) groups is 1. The number of amides is 1. The number of rotatable bonds is 4. The quantitative estimate of drug-likeness (QED) is 0.889. The van der Waals surface area contributed by atoms with E-state index in [1.807, 2.05) is 19.1 Å². The van der Waals surface area contributed by atoms with Crippen LogP contribution >= 0.6 is 0 Å². The Morgan fingerprint density at radius 3 is 2.79 bits per heavy atom. The zero-order valence-electron chi connectivity index (χ0n) is 13.7. The Hall–Kier alpha value is -2.61. The van der Waals surface area contributed by atoms with E-state index in [0.29, 0.717) is 18.8 Å². The number of morpholine rings is 1. The molecule has 0 aliphatic carbocycles. The van der Waals surface area contributed by atoms with Gasteiger partial charge in [0.1, 0.15) is 0 Å². The number of aryl methyl sites for hydroxylation is 1. The van der Waals surface area contributed by atoms with E-state index < -0.39 is 5.76 Å². The average Bonchev–Trinajstić information content (AvgIpc) is 3.00. The summed E-state index contributed by atoms with van der Waals surface area (Å²) in [6, 6.07) is 5.65. The molecule has 1 aromatic heterocycles. The zero-order valence-corrected chi connectivity index (χ0v) is 13.7. The fraction of sp³-hybridized carbons (Fsp3) is 0.438. The van der Waals surface area contributed by atoms with Gasteiger partial charge in [0.2, 0.25) is 5.89 Å². The molecule has 0 unspecified atom stereocenters. The first kappa shape index (κ1) is 16.3. The van der Waals surface area contributed by atoms with Crippen LogP contribution in [0.25, 0.3) is 0 Å². The van der Waals surface area contributed by atoms with Crippen molar-refractivity contribution < 1.29 is 13.9 Å². The van der Waals surface area contributed by atoms with Crippen molar-refractivity contribution in [1.82, 2.24) is 15.1 Å². The predicted octanol–water partition coefficient (Wildman–Crippen LogP) is 0.780. The van der Waals surface area contributed by atoms with Crippen LogP contribution in [0.5, 0.6) is 0 Å². The van der Waals surface area contributed by atoms with Gasteiger partial charge in [-0.25, -0.2) is 9.89 Å². The molecular weight excluding hydrogens is 312 g/mol. The van der Waals surface area contributed by atoms with Gasteiger partial charge in [-0.2, -0.15) is 0 Å². The Bertz CT molecular complexity index is 776. The third-order valence-corrected chi connectivity index (χ3v) is 4.01. The van der Waals surface area contributed by atoms with E-state index in [2.05, 4.69) is 15.1 Å². The molecule has 24 heavy (non-hydrogen) atoms. The third-order valence-electron chi connectivity index (χ3n) is 4.01. The summed E-state index contributed by atoms with van der Waals surface area (Å²) in [5.74, 6) is -0.609. The number of ether oxygens (including phenoxy) is 1. The maximum Gasteiger partial charge on any atom is 0.434 e. The Morgan fingerprint density at radius 2 is 2.12 bits per heavy atom. The molecule has 3 rings (SSSR count). The molecule has 8 heteroatoms. The second-order valence-corrected chi connectivity index (χ2v) is 5.77. The van der Waals surface area contributed by atoms with Gasteiger partial charge >= 0.3 is 5.76 Å². The number of H-pyrrole nitrogens is 1. The van der Waals surface area contributed by atoms with Gasteiger partial charge in [-0.1, -0.05) is 6.07 Å². The van der Waals surface area contributed by atoms with Gasteiger partial charge in [-0.15, -0.1) is 5.10 Å². The number of aromatic amines is 1. The van der Waals surface area contributed by atoms with E-state index in [9.17, 15) is 9.59 Å². The Labute approximate surface area is 139 Å². The topological polar surface area (TPSA) is 91.7 Å². The smallest absolute Gasteiger partial charge is 0.391 e. The van der Waals surface area contributed by atoms with E-state index >= 15 is 0 Å². The number of nitrogens with zero attached hydrogens (tertiary/aromatic N) is 3. The fourth-order valence-corrected chi connectivity index (χ4v) is 2.71. The standard InChI is InChI=1S/C16H20N4O4/c1-11-3-4-12(9-13(11)20-5-7-23-8-6-20)15(21)19(2)10-14-17-18-16(22)24-14/h3-4,9H,5-8,10H2,1-2H3,(H,18,22). The highest BCUT2D eigenvalue weighted by atomic mass is 16.5. The molecular formula is C16H20N4O4. The molecule has 0 radical (unpaired) electrons. The highest BCUT2D eigenvalue weighted by molar-refractivity contribution is 5.95. The van der Waals surface area contributed by atoms with Crippen LogP contribution in [0.3, 0.4) is 0 Å². The van der Waals surface area contributed by atoms with E-state index in [1.54, 1.807) is 13.1 Å². The first-order chi connectivity index (χ1) is 11.5. The molecule has 1 fully saturated rings. The number of aromatic nitrogens is 2. The van der Waals surface area contributed by atoms with Crippen molar-refractivity contribution in [3.8, 4) is 0 Å². The molecule has 8 nitrogen and oxygen atoms in total. The second-order valence-electron chi connectivity index (χ2n) is 5.77. The molecule has 2 heterocycles. The summed E-state index contributed by atoms with van der Waals surface area (Å²) >= 11 is 0. The van der Waals surface area contributed by atoms with Crippen molar-refractivity contribution in [1.29, 1.82) is 0 Å². The van der Waals surface area contributed by atoms with E-state index in [-0.39, 0.29) is 18.3 Å². The van der Waals surface area contributed by atoms with E-state index in [1.165, 1.54) is 4.90 Å². The fourth-order valence-electron chi connectivity index (χ4n) is 2.71. The Balaban J connectivity index is 1.77. The van der Waals surface area contributed by atoms with Gasteiger partial charge in [-0.3, -0.25) is 4.79 Å². The van der Waals surface area contributed by atoms with Crippen molar-refractivity contribution in [2.75, 3.05) is 38.3 Å². The lowest BCUT2D eigenvalue weighted by Crippen LogP contribution is -2.37. The maximum absolute atomic E-state index is 12.6. The Morgan fingerprint density at radius 1 is 1.38 bits per heavy atom. The van der Waals surface area contributed by atoms with Crippen LogP contribution in [-0.4, -0.2) is 54.4 Å². The summed E-state index contributed by atoms with van der Waals surface area (Å²) in [7, 11) is 1.64. The summed E-state index contributed by atoms with van der Waals surface area (Å²) in [5, 5.41) is 5.90. The van der Waals surface area contributed by atoms with Gasteiger partial charge in [0.25, 0.3) is 5.91 Å². The maximum atomic E-state index is 12.6. The van der Waals surface area contributed by atoms with Crippen molar-refractivity contribution in [2.24, 2.45) is 0 Å². The SMILES string of the molecule is Cc1ccc(C(=O)N(C)Cc2n[nH]c(=O)o2)cc1N1CCOCC1. The van der Waals surface area contributed by atoms with Crippen molar-refractivity contribution >= 4 is 11.6 Å². The summed E-state index contributed by atoms with van der Waals surface area (Å²) < 4.78 is 10.2. The van der Waals surface area contributed by atoms with Crippen LogP contribution in [0.4, 0.5) is 5.69 Å². The van der Waals surface area contributed by atoms with Crippen molar-refractivity contribution in [3.63, 3.8) is 0 Å². The first-order valence-electron chi connectivity index (χ1n) is 7.78. The van der Waals surface area contributed by atoms with Gasteiger partial charge < -0.3 is 19.0 Å². The van der Waals surface area contributed by atoms with Gasteiger partial charge in [-0.05, 0) is 24.6 Å². The summed E-state index contributed by atoms with van der Waals surface area (Å²) in [6.45, 7) is 5.16. The molecule has 0 spiro atoms. The summed E-state index contributed by atoms with van der Waals surface area (Å²) in [5.41, 5.74) is 2.75. The minimum absolute atomic E-state index is 0.123. The molecule has 2 aromatic rings. The van der Waals surface area contributed by atoms with Crippen LogP contribution in [0.1, 0.15) is 21.8 Å². The van der Waals surface area contributed by atoms with Crippen molar-refractivity contribution in [2.45, 2.75) is 13.5 Å². The molecule has 128 valence electrons. The minimum Gasteiger partial charge on any atom is -0.391 e. The van der Waals surface area contributed by atoms with Gasteiger partial charge in [0.05, 0.1) is 19.8 Å². The zero-order chi connectivity index (χ0) is 17.1. The largest absolute Gasteiger partial charge is 0.434 e. The van der Waals surface area contributed by atoms with Crippen LogP contribution in [-0.2, 0) is 11.3 Å². The molecule has 1 amide bonds. The van der Waals surface area contributed by atoms with Crippen LogP contribution in [0, 0.1) is 6.92 Å². The van der Waals surface area contributed by atoms with Crippen LogP contribution in [0.2, 0.25) is 0 Å². The van der Waals surface area contributed by atoms with Crippen LogP contribution < -0.4 is 10.7 Å². The molecule has 1 N–H and O–H groups in total. The van der Waals surface area contributed by atoms with E-state index in [4.69, 9.17) is 9.15 Å². The average molecular weight is 332 g/mol. The highest BCUT2D eigenvalue weighted by Crippen LogP contribution is 2.23. The molecule has 0 bridgehead atoms. The summed E-state index contributed by atoms with van der Waals surface area (Å²) in [4.78, 5) is 27.3. The molecule has 0 saturated carbocycles. The number of hydrogen-bond donors (Lipinski definition) is 1. The number of nitrogens with one attached hydrogen (secondary N) is 1. The molecule has 1 aliphatic heterocycles. The number of anilines is 1. The molecule has 1 saturated heterocycles. The third kappa shape index (κ3) is 3.48. The number of carbonyl (C=O) groups excluding carboxylic acids is 1. The van der Waals surface area contributed by atoms with Crippen molar-refractivity contribution in [3.05, 3.63) is 45.8 Å². The first-order valence-corrected chi connectivity index (χ1v) is 7.78. The monoisotopic (exact) mass is 332 g/mol. The number of hydrogen-bond acceptors (Lipinski definition) is 6. The minimum atomic E-state index is -0.629. The van der Waals surface area contributed by atoms with Crippen LogP contribution in [0.15, 0.2) is 27.4 Å². The van der Waals surface area contributed by atoms with Gasteiger partial charge in [0.15, 0.2) is 0 Å². The van der Waals surface area contributed by atoms with E-state index in [0.717, 1.165) is 24.3 Å². The Kier molecular flexibility index (Phi) is 4.66. The highest BCUT2D eigenvalue weighted by Gasteiger charge is 2.18.